The lowest BCUT2D eigenvalue weighted by molar-refractivity contribution is -0.145. The lowest BCUT2D eigenvalue weighted by atomic mass is 9.67. The molecular weight excluding hydrogens is 562 g/mol. The van der Waals surface area contributed by atoms with E-state index in [0.717, 1.165) is 19.3 Å². The molecule has 7 nitrogen and oxygen atoms in total. The largest absolute Gasteiger partial charge is 0.508 e. The zero-order valence-electron chi connectivity index (χ0n) is 26.2. The van der Waals surface area contributed by atoms with Gasteiger partial charge in [0.05, 0.1) is 10.7 Å². The van der Waals surface area contributed by atoms with Gasteiger partial charge in [-0.25, -0.2) is 0 Å². The van der Waals surface area contributed by atoms with Crippen LogP contribution in [0.2, 0.25) is 5.02 Å². The summed E-state index contributed by atoms with van der Waals surface area (Å²) in [7, 11) is 0. The second-order valence-corrected chi connectivity index (χ2v) is 12.8. The van der Waals surface area contributed by atoms with Crippen LogP contribution in [-0.4, -0.2) is 29.1 Å². The van der Waals surface area contributed by atoms with Crippen LogP contribution in [0.4, 0.5) is 17.1 Å². The van der Waals surface area contributed by atoms with Gasteiger partial charge in [-0.05, 0) is 67.1 Å². The predicted molar refractivity (Wildman–Crippen MR) is 177 cm³/mol. The summed E-state index contributed by atoms with van der Waals surface area (Å²) in [6.45, 7) is 13.2. The van der Waals surface area contributed by atoms with Crippen LogP contribution in [0, 0.1) is 10.8 Å². The number of amides is 2. The summed E-state index contributed by atoms with van der Waals surface area (Å²) in [5.74, 6) is 0.297. The molecule has 0 saturated carbocycles. The summed E-state index contributed by atoms with van der Waals surface area (Å²) in [6, 6.07) is 21.2. The quantitative estimate of drug-likeness (QED) is 0.138. The number of hydrogen-bond acceptors (Lipinski definition) is 5. The third kappa shape index (κ3) is 9.14. The Morgan fingerprint density at radius 3 is 2.21 bits per heavy atom. The fraction of sp³-hybridized carbons (Fsp3) is 0.429. The molecule has 4 N–H and O–H groups in total. The Morgan fingerprint density at radius 2 is 1.56 bits per heavy atom. The summed E-state index contributed by atoms with van der Waals surface area (Å²) >= 11 is 6.44. The van der Waals surface area contributed by atoms with Gasteiger partial charge in [0.25, 0.3) is 5.91 Å². The van der Waals surface area contributed by atoms with E-state index in [9.17, 15) is 14.7 Å². The number of aromatic hydroxyl groups is 1. The molecule has 0 heterocycles. The molecule has 8 heteroatoms. The van der Waals surface area contributed by atoms with Gasteiger partial charge in [0.15, 0.2) is 5.60 Å². The molecule has 0 saturated heterocycles. The van der Waals surface area contributed by atoms with E-state index in [0.29, 0.717) is 40.8 Å². The molecule has 3 aromatic carbocycles. The Hall–Kier alpha value is -3.71. The first-order valence-corrected chi connectivity index (χ1v) is 15.4. The van der Waals surface area contributed by atoms with Gasteiger partial charge in [-0.3, -0.25) is 9.59 Å². The number of carbonyl (C=O) groups is 2. The first-order chi connectivity index (χ1) is 20.3. The maximum absolute atomic E-state index is 14.4. The monoisotopic (exact) mass is 607 g/mol. The highest BCUT2D eigenvalue weighted by atomic mass is 35.5. The lowest BCUT2D eigenvalue weighted by Crippen LogP contribution is -2.58. The molecule has 2 amide bonds. The number of para-hydroxylation sites is 1. The first kappa shape index (κ1) is 33.8. The second kappa shape index (κ2) is 14.6. The van der Waals surface area contributed by atoms with Gasteiger partial charge in [-0.15, -0.1) is 0 Å². The third-order valence-electron chi connectivity index (χ3n) is 8.52. The smallest absolute Gasteiger partial charge is 0.269 e. The maximum Gasteiger partial charge on any atom is 0.269 e. The van der Waals surface area contributed by atoms with E-state index in [4.69, 9.17) is 16.3 Å². The average molecular weight is 608 g/mol. The minimum Gasteiger partial charge on any atom is -0.508 e. The summed E-state index contributed by atoms with van der Waals surface area (Å²) in [5.41, 5.74) is -0.0282. The molecular formula is C35H46ClN3O4. The second-order valence-electron chi connectivity index (χ2n) is 12.4. The van der Waals surface area contributed by atoms with E-state index >= 15 is 0 Å². The molecule has 232 valence electrons. The Labute approximate surface area is 261 Å². The number of ether oxygens (including phenoxy) is 1. The van der Waals surface area contributed by atoms with Crippen LogP contribution in [0.25, 0.3) is 0 Å². The summed E-state index contributed by atoms with van der Waals surface area (Å²) in [4.78, 5) is 27.1. The van der Waals surface area contributed by atoms with E-state index in [1.165, 1.54) is 0 Å². The van der Waals surface area contributed by atoms with Crippen LogP contribution in [0.15, 0.2) is 72.8 Å². The topological polar surface area (TPSA) is 99.7 Å². The van der Waals surface area contributed by atoms with Crippen LogP contribution in [-0.2, 0) is 9.59 Å². The van der Waals surface area contributed by atoms with Crippen molar-refractivity contribution in [2.24, 2.45) is 10.8 Å². The van der Waals surface area contributed by atoms with E-state index in [1.807, 2.05) is 36.4 Å². The zero-order valence-corrected chi connectivity index (χ0v) is 27.0. The lowest BCUT2D eigenvalue weighted by Gasteiger charge is -2.46. The number of benzene rings is 3. The van der Waals surface area contributed by atoms with Crippen molar-refractivity contribution in [3.05, 3.63) is 77.8 Å². The molecule has 0 radical (unpaired) electrons. The molecule has 1 atom stereocenters. The predicted octanol–water partition coefficient (Wildman–Crippen LogP) is 8.90. The molecule has 0 aliphatic rings. The molecule has 43 heavy (non-hydrogen) atoms. The van der Waals surface area contributed by atoms with Crippen molar-refractivity contribution in [2.45, 2.75) is 79.2 Å². The molecule has 0 aliphatic heterocycles. The van der Waals surface area contributed by atoms with E-state index in [-0.39, 0.29) is 29.4 Å². The zero-order chi connectivity index (χ0) is 31.7. The van der Waals surface area contributed by atoms with Crippen LogP contribution in [0.1, 0.15) is 73.6 Å². The number of carbonyl (C=O) groups excluding carboxylic acids is 2. The Kier molecular flexibility index (Phi) is 11.5. The average Bonchev–Trinajstić information content (AvgIpc) is 2.97. The van der Waals surface area contributed by atoms with Crippen molar-refractivity contribution in [2.75, 3.05) is 22.5 Å². The van der Waals surface area contributed by atoms with Crippen molar-refractivity contribution in [3.63, 3.8) is 0 Å². The van der Waals surface area contributed by atoms with Gasteiger partial charge in [0.2, 0.25) is 5.91 Å². The van der Waals surface area contributed by atoms with E-state index < -0.39 is 11.0 Å². The molecule has 3 aromatic rings. The van der Waals surface area contributed by atoms with Crippen molar-refractivity contribution in [1.82, 2.24) is 0 Å². The minimum absolute atomic E-state index is 0.0306. The number of phenolic OH excluding ortho intramolecular Hbond substituents is 1. The number of nitrogens with one attached hydrogen (secondary N) is 3. The third-order valence-corrected chi connectivity index (χ3v) is 8.85. The van der Waals surface area contributed by atoms with Crippen LogP contribution >= 0.6 is 11.6 Å². The van der Waals surface area contributed by atoms with Crippen molar-refractivity contribution in [3.8, 4) is 11.5 Å². The number of hydrogen-bond donors (Lipinski definition) is 4. The highest BCUT2D eigenvalue weighted by Crippen LogP contribution is 2.45. The number of halogens is 1. The Bertz CT molecular complexity index is 1380. The van der Waals surface area contributed by atoms with Gasteiger partial charge < -0.3 is 25.8 Å². The molecule has 1 unspecified atom stereocenters. The SMILES string of the molecule is CCC(C)(C)CCC(Oc1ccccc1)(C(=O)Nc1ccc(Cl)c(NC(=O)CCNc2cccc(O)c2)c1)C(C)(C)CC. The van der Waals surface area contributed by atoms with Gasteiger partial charge in [0.1, 0.15) is 11.5 Å². The molecule has 0 aromatic heterocycles. The molecule has 0 aliphatic carbocycles. The van der Waals surface area contributed by atoms with Crippen LogP contribution in [0.3, 0.4) is 0 Å². The van der Waals surface area contributed by atoms with Crippen molar-refractivity contribution >= 4 is 40.5 Å². The fourth-order valence-electron chi connectivity index (χ4n) is 4.74. The van der Waals surface area contributed by atoms with Crippen LogP contribution in [0.5, 0.6) is 11.5 Å². The number of phenols is 1. The van der Waals surface area contributed by atoms with E-state index in [1.54, 1.807) is 36.4 Å². The normalized spacial score (nSPS) is 13.1. The van der Waals surface area contributed by atoms with E-state index in [2.05, 4.69) is 57.5 Å². The molecule has 3 rings (SSSR count). The van der Waals surface area contributed by atoms with Gasteiger partial charge >= 0.3 is 0 Å². The highest BCUT2D eigenvalue weighted by Gasteiger charge is 2.53. The van der Waals surface area contributed by atoms with Gasteiger partial charge in [-0.2, -0.15) is 0 Å². The van der Waals surface area contributed by atoms with Gasteiger partial charge in [-0.1, -0.05) is 83.8 Å². The highest BCUT2D eigenvalue weighted by molar-refractivity contribution is 6.33. The standard InChI is InChI=1S/C35H46ClN3O4/c1-7-33(3,4)20-21-35(34(5,6)8-2,43-28-15-10-9-11-16-28)32(42)38-26-17-18-29(36)30(24-26)39-31(41)19-22-37-25-13-12-14-27(40)23-25/h9-18,23-24,37,40H,7-8,19-22H2,1-6H3,(H,38,42)(H,39,41). The Morgan fingerprint density at radius 1 is 0.837 bits per heavy atom. The van der Waals surface area contributed by atoms with Crippen LogP contribution < -0.4 is 20.7 Å². The van der Waals surface area contributed by atoms with Crippen molar-refractivity contribution in [1.29, 1.82) is 0 Å². The summed E-state index contributed by atoms with van der Waals surface area (Å²) < 4.78 is 6.71. The number of anilines is 3. The van der Waals surface area contributed by atoms with Crippen molar-refractivity contribution < 1.29 is 19.4 Å². The molecule has 0 spiro atoms. The molecule has 0 fully saturated rings. The Balaban J connectivity index is 1.83. The van der Waals surface area contributed by atoms with Gasteiger partial charge in [0, 0.05) is 35.8 Å². The minimum atomic E-state index is -1.17. The summed E-state index contributed by atoms with van der Waals surface area (Å²) in [6.07, 6.45) is 3.20. The number of rotatable bonds is 15. The fourth-order valence-corrected chi connectivity index (χ4v) is 4.91. The molecule has 0 bridgehead atoms. The maximum atomic E-state index is 14.4. The summed E-state index contributed by atoms with van der Waals surface area (Å²) in [5, 5.41) is 19.0. The first-order valence-electron chi connectivity index (χ1n) is 15.0.